The second kappa shape index (κ2) is 3.79. The standard InChI is InChI=1S/C7H13IO3S/c1-2-12(10,11)7(8)6(9)5-3-4-5/h5-7,9H,2-4H2,1H3/t6-,7+/m1/s1. The Morgan fingerprint density at radius 3 is 2.42 bits per heavy atom. The van der Waals surface area contributed by atoms with Gasteiger partial charge in [-0.25, -0.2) is 8.42 Å². The summed E-state index contributed by atoms with van der Waals surface area (Å²) in [4.78, 5) is 0. The summed E-state index contributed by atoms with van der Waals surface area (Å²) in [6.07, 6.45) is 1.29. The van der Waals surface area contributed by atoms with Gasteiger partial charge in [0.1, 0.15) is 3.26 Å². The van der Waals surface area contributed by atoms with Crippen molar-refractivity contribution < 1.29 is 13.5 Å². The molecule has 0 unspecified atom stereocenters. The van der Waals surface area contributed by atoms with Crippen molar-refractivity contribution in [3.8, 4) is 0 Å². The van der Waals surface area contributed by atoms with Gasteiger partial charge in [0, 0.05) is 5.75 Å². The lowest BCUT2D eigenvalue weighted by Gasteiger charge is -2.15. The van der Waals surface area contributed by atoms with Gasteiger partial charge in [-0.2, -0.15) is 0 Å². The molecule has 1 aliphatic carbocycles. The topological polar surface area (TPSA) is 54.4 Å². The van der Waals surface area contributed by atoms with Crippen LogP contribution in [0.1, 0.15) is 19.8 Å². The van der Waals surface area contributed by atoms with Crippen LogP contribution < -0.4 is 0 Å². The lowest BCUT2D eigenvalue weighted by molar-refractivity contribution is 0.169. The summed E-state index contributed by atoms with van der Waals surface area (Å²) < 4.78 is 22.0. The molecule has 0 aromatic rings. The van der Waals surface area contributed by atoms with Gasteiger partial charge < -0.3 is 5.11 Å². The molecule has 0 aliphatic heterocycles. The monoisotopic (exact) mass is 304 g/mol. The number of hydrogen-bond donors (Lipinski definition) is 1. The predicted molar refractivity (Wildman–Crippen MR) is 56.0 cm³/mol. The van der Waals surface area contributed by atoms with Crippen molar-refractivity contribution in [2.75, 3.05) is 5.75 Å². The molecule has 2 atom stereocenters. The van der Waals surface area contributed by atoms with E-state index in [1.54, 1.807) is 6.92 Å². The smallest absolute Gasteiger partial charge is 0.164 e. The number of alkyl halides is 1. The van der Waals surface area contributed by atoms with Gasteiger partial charge in [0.25, 0.3) is 0 Å². The zero-order chi connectivity index (χ0) is 9.35. The van der Waals surface area contributed by atoms with E-state index in [9.17, 15) is 13.5 Å². The fraction of sp³-hybridized carbons (Fsp3) is 1.00. The third kappa shape index (κ3) is 2.32. The molecule has 12 heavy (non-hydrogen) atoms. The maximum absolute atomic E-state index is 11.3. The quantitative estimate of drug-likeness (QED) is 0.621. The van der Waals surface area contributed by atoms with Crippen LogP contribution in [0.15, 0.2) is 0 Å². The Bertz CT molecular complexity index is 245. The highest BCUT2D eigenvalue weighted by atomic mass is 127. The van der Waals surface area contributed by atoms with Crippen LogP contribution in [-0.4, -0.2) is 28.6 Å². The number of hydrogen-bond acceptors (Lipinski definition) is 3. The third-order valence-corrected chi connectivity index (χ3v) is 6.95. The number of halogens is 1. The molecule has 1 rings (SSSR count). The second-order valence-corrected chi connectivity index (χ2v) is 7.73. The molecule has 0 bridgehead atoms. The van der Waals surface area contributed by atoms with E-state index < -0.39 is 19.2 Å². The maximum atomic E-state index is 11.3. The Morgan fingerprint density at radius 2 is 2.08 bits per heavy atom. The molecule has 3 nitrogen and oxygen atoms in total. The highest BCUT2D eigenvalue weighted by Gasteiger charge is 2.39. The number of sulfone groups is 1. The van der Waals surface area contributed by atoms with E-state index in [4.69, 9.17) is 0 Å². The number of aliphatic hydroxyl groups is 1. The van der Waals surface area contributed by atoms with Crippen LogP contribution in [-0.2, 0) is 9.84 Å². The molecule has 0 spiro atoms. The van der Waals surface area contributed by atoms with Crippen LogP contribution >= 0.6 is 22.6 Å². The Kier molecular flexibility index (Phi) is 3.39. The van der Waals surface area contributed by atoms with Crippen LogP contribution in [0.5, 0.6) is 0 Å². The molecule has 72 valence electrons. The molecule has 0 saturated heterocycles. The van der Waals surface area contributed by atoms with E-state index in [1.165, 1.54) is 0 Å². The molecule has 0 amide bonds. The van der Waals surface area contributed by atoms with Gasteiger partial charge in [0.05, 0.1) is 6.10 Å². The van der Waals surface area contributed by atoms with Gasteiger partial charge in [0.2, 0.25) is 0 Å². The minimum Gasteiger partial charge on any atom is -0.391 e. The Balaban J connectivity index is 2.62. The van der Waals surface area contributed by atoms with Gasteiger partial charge >= 0.3 is 0 Å². The van der Waals surface area contributed by atoms with E-state index >= 15 is 0 Å². The second-order valence-electron chi connectivity index (χ2n) is 3.13. The summed E-state index contributed by atoms with van der Waals surface area (Å²) >= 11 is 1.83. The largest absolute Gasteiger partial charge is 0.391 e. The van der Waals surface area contributed by atoms with Crippen LogP contribution in [0.4, 0.5) is 0 Å². The van der Waals surface area contributed by atoms with E-state index in [-0.39, 0.29) is 11.7 Å². The Hall–Kier alpha value is 0.640. The SMILES string of the molecule is CCS(=O)(=O)[C@H](I)[C@H](O)C1CC1. The van der Waals surface area contributed by atoms with Gasteiger partial charge in [-0.3, -0.25) is 0 Å². The van der Waals surface area contributed by atoms with Gasteiger partial charge in [-0.15, -0.1) is 0 Å². The zero-order valence-electron chi connectivity index (χ0n) is 6.90. The molecule has 5 heteroatoms. The first-order valence-electron chi connectivity index (χ1n) is 4.02. The fourth-order valence-electron chi connectivity index (χ4n) is 1.02. The Labute approximate surface area is 86.6 Å². The fourth-order valence-corrected chi connectivity index (χ4v) is 3.65. The highest BCUT2D eigenvalue weighted by Crippen LogP contribution is 2.37. The van der Waals surface area contributed by atoms with E-state index in [1.807, 2.05) is 22.6 Å². The minimum absolute atomic E-state index is 0.115. The molecule has 0 aromatic carbocycles. The average Bonchev–Trinajstić information content (AvgIpc) is 2.84. The molecular weight excluding hydrogens is 291 g/mol. The summed E-state index contributed by atoms with van der Waals surface area (Å²) in [5.41, 5.74) is 0. The molecular formula is C7H13IO3S. The van der Waals surface area contributed by atoms with Crippen LogP contribution in [0.3, 0.4) is 0 Å². The molecule has 1 N–H and O–H groups in total. The zero-order valence-corrected chi connectivity index (χ0v) is 9.88. The number of rotatable bonds is 4. The van der Waals surface area contributed by atoms with Crippen LogP contribution in [0.2, 0.25) is 0 Å². The van der Waals surface area contributed by atoms with Crippen molar-refractivity contribution >= 4 is 32.4 Å². The van der Waals surface area contributed by atoms with Crippen molar-refractivity contribution in [1.29, 1.82) is 0 Å². The summed E-state index contributed by atoms with van der Waals surface area (Å²) in [7, 11) is -3.07. The van der Waals surface area contributed by atoms with Crippen molar-refractivity contribution in [2.45, 2.75) is 29.1 Å². The molecule has 1 aliphatic rings. The summed E-state index contributed by atoms with van der Waals surface area (Å²) in [6, 6.07) is 0. The lowest BCUT2D eigenvalue weighted by atomic mass is 10.3. The Morgan fingerprint density at radius 1 is 1.58 bits per heavy atom. The highest BCUT2D eigenvalue weighted by molar-refractivity contribution is 14.1. The van der Waals surface area contributed by atoms with Gasteiger partial charge in [-0.05, 0) is 18.8 Å². The molecule has 1 saturated carbocycles. The molecule has 0 heterocycles. The van der Waals surface area contributed by atoms with E-state index in [2.05, 4.69) is 0 Å². The maximum Gasteiger partial charge on any atom is 0.164 e. The van der Waals surface area contributed by atoms with Crippen LogP contribution in [0.25, 0.3) is 0 Å². The lowest BCUT2D eigenvalue weighted by Crippen LogP contribution is -2.31. The molecule has 0 aromatic heterocycles. The van der Waals surface area contributed by atoms with E-state index in [0.717, 1.165) is 12.8 Å². The van der Waals surface area contributed by atoms with Crippen LogP contribution in [0, 0.1) is 5.92 Å². The number of aliphatic hydroxyl groups excluding tert-OH is 1. The molecule has 1 fully saturated rings. The predicted octanol–water partition coefficient (Wildman–Crippen LogP) is 0.953. The van der Waals surface area contributed by atoms with Crippen molar-refractivity contribution in [2.24, 2.45) is 5.92 Å². The van der Waals surface area contributed by atoms with Gasteiger partial charge in [0.15, 0.2) is 9.84 Å². The summed E-state index contributed by atoms with van der Waals surface area (Å²) in [6.45, 7) is 1.61. The average molecular weight is 304 g/mol. The molecule has 0 radical (unpaired) electrons. The third-order valence-electron chi connectivity index (χ3n) is 2.12. The first-order chi connectivity index (χ1) is 5.49. The van der Waals surface area contributed by atoms with Crippen molar-refractivity contribution in [1.82, 2.24) is 0 Å². The summed E-state index contributed by atoms with van der Waals surface area (Å²) in [5, 5.41) is 9.54. The van der Waals surface area contributed by atoms with E-state index in [0.29, 0.717) is 0 Å². The normalized spacial score (nSPS) is 23.6. The summed E-state index contributed by atoms with van der Waals surface area (Å²) in [5.74, 6) is 0.345. The minimum atomic E-state index is -3.07. The van der Waals surface area contributed by atoms with Crippen molar-refractivity contribution in [3.05, 3.63) is 0 Å². The van der Waals surface area contributed by atoms with Gasteiger partial charge in [-0.1, -0.05) is 29.5 Å². The first-order valence-corrected chi connectivity index (χ1v) is 6.99. The van der Waals surface area contributed by atoms with Crippen molar-refractivity contribution in [3.63, 3.8) is 0 Å². The first kappa shape index (κ1) is 10.7.